The Morgan fingerprint density at radius 1 is 1.12 bits per heavy atom. The van der Waals surface area contributed by atoms with Gasteiger partial charge in [0.25, 0.3) is 0 Å². The summed E-state index contributed by atoms with van der Waals surface area (Å²) in [5.74, 6) is 0.774. The molecular formula is C18H23N3O4S. The van der Waals surface area contributed by atoms with Crippen molar-refractivity contribution in [3.63, 3.8) is 0 Å². The van der Waals surface area contributed by atoms with E-state index in [4.69, 9.17) is 4.52 Å². The van der Waals surface area contributed by atoms with Crippen molar-refractivity contribution in [1.29, 1.82) is 0 Å². The second-order valence-corrected chi connectivity index (χ2v) is 8.34. The van der Waals surface area contributed by atoms with Gasteiger partial charge in [-0.05, 0) is 32.4 Å². The molecule has 140 valence electrons. The van der Waals surface area contributed by atoms with Gasteiger partial charge < -0.3 is 9.42 Å². The van der Waals surface area contributed by atoms with Gasteiger partial charge in [0.05, 0.1) is 10.6 Å². The van der Waals surface area contributed by atoms with Crippen molar-refractivity contribution in [1.82, 2.24) is 14.4 Å². The van der Waals surface area contributed by atoms with Gasteiger partial charge in [0.2, 0.25) is 15.9 Å². The summed E-state index contributed by atoms with van der Waals surface area (Å²) in [6, 6.07) is 8.39. The quantitative estimate of drug-likeness (QED) is 0.793. The van der Waals surface area contributed by atoms with E-state index in [0.717, 1.165) is 17.0 Å². The Balaban J connectivity index is 1.56. The minimum absolute atomic E-state index is 0.0294. The number of carbonyl (C=O) groups is 1. The van der Waals surface area contributed by atoms with Crippen LogP contribution in [0.3, 0.4) is 0 Å². The fourth-order valence-electron chi connectivity index (χ4n) is 3.17. The Kier molecular flexibility index (Phi) is 5.43. The van der Waals surface area contributed by atoms with Crippen LogP contribution in [0.15, 0.2) is 39.8 Å². The van der Waals surface area contributed by atoms with Crippen LogP contribution in [-0.4, -0.2) is 54.9 Å². The Bertz CT molecular complexity index is 850. The molecule has 0 N–H and O–H groups in total. The van der Waals surface area contributed by atoms with Gasteiger partial charge >= 0.3 is 0 Å². The van der Waals surface area contributed by atoms with Gasteiger partial charge in [0.15, 0.2) is 0 Å². The molecule has 1 aliphatic heterocycles. The predicted molar refractivity (Wildman–Crippen MR) is 96.1 cm³/mol. The number of sulfonamides is 1. The molecule has 0 atom stereocenters. The zero-order chi connectivity index (χ0) is 18.7. The molecule has 0 aliphatic carbocycles. The number of piperazine rings is 1. The lowest BCUT2D eigenvalue weighted by Crippen LogP contribution is -2.50. The van der Waals surface area contributed by atoms with Crippen molar-refractivity contribution < 1.29 is 17.7 Å². The van der Waals surface area contributed by atoms with E-state index in [9.17, 15) is 13.2 Å². The average Bonchev–Trinajstić information content (AvgIpc) is 2.98. The topological polar surface area (TPSA) is 83.7 Å². The van der Waals surface area contributed by atoms with Crippen LogP contribution in [0, 0.1) is 13.8 Å². The molecule has 1 amide bonds. The first kappa shape index (κ1) is 18.6. The highest BCUT2D eigenvalue weighted by Gasteiger charge is 2.29. The van der Waals surface area contributed by atoms with Crippen LogP contribution in [0.5, 0.6) is 0 Å². The van der Waals surface area contributed by atoms with E-state index in [0.29, 0.717) is 39.0 Å². The molecule has 0 radical (unpaired) electrons. The second kappa shape index (κ2) is 7.59. The van der Waals surface area contributed by atoms with Crippen molar-refractivity contribution >= 4 is 15.9 Å². The molecule has 1 saturated heterocycles. The van der Waals surface area contributed by atoms with Crippen LogP contribution in [0.25, 0.3) is 0 Å². The number of carbonyl (C=O) groups excluding carboxylic acids is 1. The molecule has 7 nitrogen and oxygen atoms in total. The summed E-state index contributed by atoms with van der Waals surface area (Å²) in [4.78, 5) is 14.5. The van der Waals surface area contributed by atoms with Crippen LogP contribution in [0.2, 0.25) is 0 Å². The summed E-state index contributed by atoms with van der Waals surface area (Å²) in [6.07, 6.45) is 0.955. The smallest absolute Gasteiger partial charge is 0.243 e. The highest BCUT2D eigenvalue weighted by atomic mass is 32.2. The molecule has 1 fully saturated rings. The van der Waals surface area contributed by atoms with Crippen LogP contribution in [0.1, 0.15) is 23.4 Å². The fourth-order valence-corrected chi connectivity index (χ4v) is 4.61. The lowest BCUT2D eigenvalue weighted by molar-refractivity contribution is -0.132. The minimum atomic E-state index is -3.50. The van der Waals surface area contributed by atoms with Crippen LogP contribution in [0.4, 0.5) is 0 Å². The number of nitrogens with zero attached hydrogens (tertiary/aromatic N) is 3. The van der Waals surface area contributed by atoms with Crippen molar-refractivity contribution in [2.75, 3.05) is 26.2 Å². The first-order chi connectivity index (χ1) is 12.4. The summed E-state index contributed by atoms with van der Waals surface area (Å²) in [5, 5.41) is 3.90. The van der Waals surface area contributed by atoms with E-state index in [1.165, 1.54) is 4.31 Å². The van der Waals surface area contributed by atoms with Gasteiger partial charge in [0.1, 0.15) is 5.76 Å². The number of amides is 1. The van der Waals surface area contributed by atoms with Gasteiger partial charge in [-0.3, -0.25) is 4.79 Å². The minimum Gasteiger partial charge on any atom is -0.361 e. The number of benzene rings is 1. The van der Waals surface area contributed by atoms with E-state index in [1.54, 1.807) is 35.2 Å². The largest absolute Gasteiger partial charge is 0.361 e. The Morgan fingerprint density at radius 3 is 2.35 bits per heavy atom. The van der Waals surface area contributed by atoms with E-state index in [1.807, 2.05) is 13.8 Å². The normalized spacial score (nSPS) is 16.0. The lowest BCUT2D eigenvalue weighted by atomic mass is 10.1. The predicted octanol–water partition coefficient (Wildman–Crippen LogP) is 1.76. The molecule has 1 aromatic heterocycles. The van der Waals surface area contributed by atoms with Gasteiger partial charge in [-0.2, -0.15) is 4.31 Å². The highest BCUT2D eigenvalue weighted by Crippen LogP contribution is 2.19. The number of hydrogen-bond acceptors (Lipinski definition) is 5. The number of aryl methyl sites for hydroxylation is 2. The summed E-state index contributed by atoms with van der Waals surface area (Å²) in [5.41, 5.74) is 1.79. The van der Waals surface area contributed by atoms with E-state index in [-0.39, 0.29) is 10.8 Å². The molecular weight excluding hydrogens is 354 g/mol. The molecule has 0 unspecified atom stereocenters. The maximum atomic E-state index is 12.6. The van der Waals surface area contributed by atoms with E-state index in [2.05, 4.69) is 5.16 Å². The van der Waals surface area contributed by atoms with Gasteiger partial charge in [-0.15, -0.1) is 0 Å². The SMILES string of the molecule is Cc1noc(C)c1CCC(=O)N1CCN(S(=O)(=O)c2ccccc2)CC1. The summed E-state index contributed by atoms with van der Waals surface area (Å²) >= 11 is 0. The average molecular weight is 377 g/mol. The van der Waals surface area contributed by atoms with Gasteiger partial charge in [-0.1, -0.05) is 23.4 Å². The molecule has 0 spiro atoms. The first-order valence-electron chi connectivity index (χ1n) is 8.64. The van der Waals surface area contributed by atoms with Crippen LogP contribution in [-0.2, 0) is 21.2 Å². The Labute approximate surface area is 153 Å². The number of rotatable bonds is 5. The van der Waals surface area contributed by atoms with E-state index >= 15 is 0 Å². The van der Waals surface area contributed by atoms with Crippen molar-refractivity contribution in [3.05, 3.63) is 47.3 Å². The first-order valence-corrected chi connectivity index (χ1v) is 10.1. The third-order valence-corrected chi connectivity index (χ3v) is 6.66. The molecule has 2 aromatic rings. The van der Waals surface area contributed by atoms with Crippen LogP contribution < -0.4 is 0 Å². The fraction of sp³-hybridized carbons (Fsp3) is 0.444. The molecule has 0 bridgehead atoms. The van der Waals surface area contributed by atoms with Gasteiger partial charge in [-0.25, -0.2) is 8.42 Å². The molecule has 2 heterocycles. The van der Waals surface area contributed by atoms with Gasteiger partial charge in [0, 0.05) is 38.2 Å². The van der Waals surface area contributed by atoms with Crippen molar-refractivity contribution in [2.45, 2.75) is 31.6 Å². The summed E-state index contributed by atoms with van der Waals surface area (Å²) in [6.45, 7) is 5.15. The standard InChI is InChI=1S/C18H23N3O4S/c1-14-17(15(2)25-19-14)8-9-18(22)20-10-12-21(13-11-20)26(23,24)16-6-4-3-5-7-16/h3-7H,8-13H2,1-2H3. The van der Waals surface area contributed by atoms with Crippen molar-refractivity contribution in [2.24, 2.45) is 0 Å². The van der Waals surface area contributed by atoms with Crippen molar-refractivity contribution in [3.8, 4) is 0 Å². The second-order valence-electron chi connectivity index (χ2n) is 6.40. The molecule has 1 aromatic carbocycles. The number of aromatic nitrogens is 1. The zero-order valence-corrected chi connectivity index (χ0v) is 15.8. The van der Waals surface area contributed by atoms with E-state index < -0.39 is 10.0 Å². The summed E-state index contributed by atoms with van der Waals surface area (Å²) in [7, 11) is -3.50. The number of hydrogen-bond donors (Lipinski definition) is 0. The zero-order valence-electron chi connectivity index (χ0n) is 15.0. The molecule has 3 rings (SSSR count). The summed E-state index contributed by atoms with van der Waals surface area (Å²) < 4.78 is 31.8. The Hall–Kier alpha value is -2.19. The molecule has 8 heteroatoms. The monoisotopic (exact) mass is 377 g/mol. The maximum absolute atomic E-state index is 12.6. The third-order valence-electron chi connectivity index (χ3n) is 4.74. The maximum Gasteiger partial charge on any atom is 0.243 e. The molecule has 1 aliphatic rings. The molecule has 26 heavy (non-hydrogen) atoms. The lowest BCUT2D eigenvalue weighted by Gasteiger charge is -2.34. The third kappa shape index (κ3) is 3.81. The highest BCUT2D eigenvalue weighted by molar-refractivity contribution is 7.89. The molecule has 0 saturated carbocycles. The Morgan fingerprint density at radius 2 is 1.77 bits per heavy atom. The van der Waals surface area contributed by atoms with Crippen LogP contribution >= 0.6 is 0 Å².